The third-order valence-electron chi connectivity index (χ3n) is 2.54. The van der Waals surface area contributed by atoms with Crippen LogP contribution in [0.5, 0.6) is 0 Å². The fraction of sp³-hybridized carbons (Fsp3) is 1.00. The molecule has 0 radical (unpaired) electrons. The molecule has 74 valence electrons. The zero-order valence-electron chi connectivity index (χ0n) is 9.01. The minimum absolute atomic E-state index is 0.649. The molecule has 2 N–H and O–H groups in total. The van der Waals surface area contributed by atoms with Crippen molar-refractivity contribution in [3.05, 3.63) is 0 Å². The Bertz CT molecular complexity index is 98.0. The van der Waals surface area contributed by atoms with E-state index in [1.807, 2.05) is 0 Å². The van der Waals surface area contributed by atoms with Crippen LogP contribution in [0.4, 0.5) is 0 Å². The Kier molecular flexibility index (Phi) is 6.39. The molecule has 1 atom stereocenters. The summed E-state index contributed by atoms with van der Waals surface area (Å²) in [4.78, 5) is 2.47. The molecule has 0 heterocycles. The van der Waals surface area contributed by atoms with Gasteiger partial charge in [0.15, 0.2) is 0 Å². The lowest BCUT2D eigenvalue weighted by molar-refractivity contribution is 0.196. The summed E-state index contributed by atoms with van der Waals surface area (Å²) in [6.07, 6.45) is 1.19. The van der Waals surface area contributed by atoms with Crippen LogP contribution in [0.3, 0.4) is 0 Å². The predicted molar refractivity (Wildman–Crippen MR) is 55.2 cm³/mol. The van der Waals surface area contributed by atoms with Gasteiger partial charge in [0.05, 0.1) is 0 Å². The lowest BCUT2D eigenvalue weighted by atomic mass is 10.1. The zero-order valence-corrected chi connectivity index (χ0v) is 9.01. The molecule has 0 rings (SSSR count). The maximum Gasteiger partial charge on any atom is 0.00385 e. The van der Waals surface area contributed by atoms with Crippen molar-refractivity contribution in [1.29, 1.82) is 0 Å². The first kappa shape index (κ1) is 11.9. The summed E-state index contributed by atoms with van der Waals surface area (Å²) >= 11 is 0. The first-order valence-corrected chi connectivity index (χ1v) is 5.09. The van der Waals surface area contributed by atoms with Gasteiger partial charge in [-0.15, -0.1) is 0 Å². The van der Waals surface area contributed by atoms with Crippen molar-refractivity contribution >= 4 is 0 Å². The molecule has 0 fully saturated rings. The van der Waals surface area contributed by atoms with Gasteiger partial charge in [0.1, 0.15) is 0 Å². The number of hydrogen-bond acceptors (Lipinski definition) is 2. The standard InChI is InChI=1S/C10H24N2/c1-5-10(7-11)8-12(6-2)9(3)4/h9-10H,5-8,11H2,1-4H3. The monoisotopic (exact) mass is 172 g/mol. The normalized spacial score (nSPS) is 14.2. The summed E-state index contributed by atoms with van der Waals surface area (Å²) in [7, 11) is 0. The number of nitrogens with zero attached hydrogens (tertiary/aromatic N) is 1. The minimum atomic E-state index is 0.649. The van der Waals surface area contributed by atoms with Crippen molar-refractivity contribution in [2.24, 2.45) is 11.7 Å². The third kappa shape index (κ3) is 4.07. The van der Waals surface area contributed by atoms with Gasteiger partial charge in [-0.3, -0.25) is 0 Å². The Morgan fingerprint density at radius 3 is 2.08 bits per heavy atom. The van der Waals surface area contributed by atoms with Crippen LogP contribution in [-0.4, -0.2) is 30.6 Å². The fourth-order valence-electron chi connectivity index (χ4n) is 1.41. The van der Waals surface area contributed by atoms with E-state index < -0.39 is 0 Å². The van der Waals surface area contributed by atoms with E-state index >= 15 is 0 Å². The number of hydrogen-bond donors (Lipinski definition) is 1. The van der Waals surface area contributed by atoms with Crippen LogP contribution in [-0.2, 0) is 0 Å². The van der Waals surface area contributed by atoms with E-state index in [2.05, 4.69) is 32.6 Å². The SMILES string of the molecule is CCC(CN)CN(CC)C(C)C. The smallest absolute Gasteiger partial charge is 0.00385 e. The second-order valence-electron chi connectivity index (χ2n) is 3.69. The predicted octanol–water partition coefficient (Wildman–Crippen LogP) is 1.70. The van der Waals surface area contributed by atoms with Gasteiger partial charge in [-0.05, 0) is 32.9 Å². The van der Waals surface area contributed by atoms with Gasteiger partial charge in [-0.25, -0.2) is 0 Å². The average Bonchev–Trinajstić information content (AvgIpc) is 2.06. The first-order chi connectivity index (χ1) is 5.65. The van der Waals surface area contributed by atoms with Crippen molar-refractivity contribution in [2.45, 2.75) is 40.2 Å². The summed E-state index contributed by atoms with van der Waals surface area (Å²) in [6.45, 7) is 12.0. The average molecular weight is 172 g/mol. The molecular weight excluding hydrogens is 148 g/mol. The zero-order chi connectivity index (χ0) is 9.56. The second-order valence-corrected chi connectivity index (χ2v) is 3.69. The highest BCUT2D eigenvalue weighted by atomic mass is 15.1. The molecule has 1 unspecified atom stereocenters. The first-order valence-electron chi connectivity index (χ1n) is 5.09. The molecule has 0 aliphatic rings. The van der Waals surface area contributed by atoms with Gasteiger partial charge in [0.2, 0.25) is 0 Å². The van der Waals surface area contributed by atoms with Crippen molar-refractivity contribution in [3.8, 4) is 0 Å². The topological polar surface area (TPSA) is 29.3 Å². The van der Waals surface area contributed by atoms with E-state index in [0.717, 1.165) is 19.6 Å². The molecule has 0 spiro atoms. The number of rotatable bonds is 6. The fourth-order valence-corrected chi connectivity index (χ4v) is 1.41. The van der Waals surface area contributed by atoms with E-state index in [0.29, 0.717) is 12.0 Å². The van der Waals surface area contributed by atoms with Gasteiger partial charge in [0.25, 0.3) is 0 Å². The van der Waals surface area contributed by atoms with Crippen molar-refractivity contribution in [3.63, 3.8) is 0 Å². The molecule has 0 aromatic rings. The molecule has 2 nitrogen and oxygen atoms in total. The summed E-state index contributed by atoms with van der Waals surface area (Å²) in [5.41, 5.74) is 5.66. The Balaban J connectivity index is 3.82. The van der Waals surface area contributed by atoms with Gasteiger partial charge < -0.3 is 10.6 Å². The van der Waals surface area contributed by atoms with E-state index in [9.17, 15) is 0 Å². The lowest BCUT2D eigenvalue weighted by Gasteiger charge is -2.28. The third-order valence-corrected chi connectivity index (χ3v) is 2.54. The van der Waals surface area contributed by atoms with E-state index in [4.69, 9.17) is 5.73 Å². The molecule has 0 saturated heterocycles. The molecule has 2 heteroatoms. The Labute approximate surface area is 77.1 Å². The van der Waals surface area contributed by atoms with Crippen LogP contribution >= 0.6 is 0 Å². The van der Waals surface area contributed by atoms with Crippen LogP contribution in [0.1, 0.15) is 34.1 Å². The van der Waals surface area contributed by atoms with Crippen molar-refractivity contribution in [1.82, 2.24) is 4.90 Å². The Hall–Kier alpha value is -0.0800. The molecule has 0 saturated carbocycles. The summed E-state index contributed by atoms with van der Waals surface area (Å²) in [6, 6.07) is 0.649. The number of nitrogens with two attached hydrogens (primary N) is 1. The molecule has 0 aromatic carbocycles. The minimum Gasteiger partial charge on any atom is -0.330 e. The van der Waals surface area contributed by atoms with E-state index in [-0.39, 0.29) is 0 Å². The molecular formula is C10H24N2. The van der Waals surface area contributed by atoms with E-state index in [1.165, 1.54) is 6.42 Å². The Morgan fingerprint density at radius 2 is 1.83 bits per heavy atom. The highest BCUT2D eigenvalue weighted by Crippen LogP contribution is 2.06. The summed E-state index contributed by atoms with van der Waals surface area (Å²) in [5, 5.41) is 0. The highest BCUT2D eigenvalue weighted by molar-refractivity contribution is 4.67. The van der Waals surface area contributed by atoms with Crippen molar-refractivity contribution < 1.29 is 0 Å². The molecule has 0 amide bonds. The summed E-state index contributed by atoms with van der Waals surface area (Å²) < 4.78 is 0. The van der Waals surface area contributed by atoms with E-state index in [1.54, 1.807) is 0 Å². The Morgan fingerprint density at radius 1 is 1.25 bits per heavy atom. The van der Waals surface area contributed by atoms with Gasteiger partial charge in [-0.2, -0.15) is 0 Å². The molecule has 0 aromatic heterocycles. The quantitative estimate of drug-likeness (QED) is 0.661. The van der Waals surface area contributed by atoms with Gasteiger partial charge >= 0.3 is 0 Å². The van der Waals surface area contributed by atoms with Crippen molar-refractivity contribution in [2.75, 3.05) is 19.6 Å². The highest BCUT2D eigenvalue weighted by Gasteiger charge is 2.11. The van der Waals surface area contributed by atoms with Gasteiger partial charge in [-0.1, -0.05) is 20.3 Å². The lowest BCUT2D eigenvalue weighted by Crippen LogP contribution is -2.37. The van der Waals surface area contributed by atoms with Crippen LogP contribution in [0, 0.1) is 5.92 Å². The van der Waals surface area contributed by atoms with Crippen LogP contribution in [0.25, 0.3) is 0 Å². The molecule has 0 bridgehead atoms. The van der Waals surface area contributed by atoms with Crippen LogP contribution in [0.15, 0.2) is 0 Å². The maximum atomic E-state index is 5.66. The largest absolute Gasteiger partial charge is 0.330 e. The molecule has 0 aliphatic heterocycles. The van der Waals surface area contributed by atoms with Crippen LogP contribution < -0.4 is 5.73 Å². The summed E-state index contributed by atoms with van der Waals surface area (Å²) in [5.74, 6) is 0.673. The van der Waals surface area contributed by atoms with Gasteiger partial charge in [0, 0.05) is 12.6 Å². The maximum absolute atomic E-state index is 5.66. The van der Waals surface area contributed by atoms with Crippen LogP contribution in [0.2, 0.25) is 0 Å². The molecule has 12 heavy (non-hydrogen) atoms. The second kappa shape index (κ2) is 6.44. The molecule has 0 aliphatic carbocycles.